The van der Waals surface area contributed by atoms with Crippen molar-refractivity contribution in [3.05, 3.63) is 66.0 Å². The molecule has 120 valence electrons. The second-order valence-electron chi connectivity index (χ2n) is 5.47. The third-order valence-corrected chi connectivity index (χ3v) is 3.28. The van der Waals surface area contributed by atoms with Gasteiger partial charge in [0.2, 0.25) is 0 Å². The van der Waals surface area contributed by atoms with Crippen molar-refractivity contribution in [1.82, 2.24) is 10.3 Å². The zero-order valence-electron chi connectivity index (χ0n) is 13.2. The lowest BCUT2D eigenvalue weighted by molar-refractivity contribution is -0.132. The SMILES string of the molecule is CC(C)C(OC(=O)c1ccccc1)C(=O)NCc1ccccn1. The second-order valence-corrected chi connectivity index (χ2v) is 5.47. The van der Waals surface area contributed by atoms with Crippen LogP contribution in [0.3, 0.4) is 0 Å². The fourth-order valence-electron chi connectivity index (χ4n) is 2.03. The van der Waals surface area contributed by atoms with Gasteiger partial charge in [0.1, 0.15) is 0 Å². The number of carbonyl (C=O) groups excluding carboxylic acids is 2. The summed E-state index contributed by atoms with van der Waals surface area (Å²) in [5.41, 5.74) is 1.17. The topological polar surface area (TPSA) is 68.3 Å². The highest BCUT2D eigenvalue weighted by atomic mass is 16.5. The molecular weight excluding hydrogens is 292 g/mol. The fraction of sp³-hybridized carbons (Fsp3) is 0.278. The fourth-order valence-corrected chi connectivity index (χ4v) is 2.03. The van der Waals surface area contributed by atoms with Crippen molar-refractivity contribution in [2.24, 2.45) is 5.92 Å². The van der Waals surface area contributed by atoms with Gasteiger partial charge in [0.05, 0.1) is 17.8 Å². The minimum atomic E-state index is -0.841. The maximum atomic E-state index is 12.3. The van der Waals surface area contributed by atoms with E-state index in [4.69, 9.17) is 4.74 Å². The first-order chi connectivity index (χ1) is 11.1. The van der Waals surface area contributed by atoms with Crippen LogP contribution >= 0.6 is 0 Å². The van der Waals surface area contributed by atoms with Crippen molar-refractivity contribution in [3.8, 4) is 0 Å². The molecule has 0 saturated carbocycles. The standard InChI is InChI=1S/C18H20N2O3/c1-13(2)16(23-18(22)14-8-4-3-5-9-14)17(21)20-12-15-10-6-7-11-19-15/h3-11,13,16H,12H2,1-2H3,(H,20,21). The molecule has 5 nitrogen and oxygen atoms in total. The number of hydrogen-bond acceptors (Lipinski definition) is 4. The molecule has 0 saturated heterocycles. The first-order valence-electron chi connectivity index (χ1n) is 7.51. The van der Waals surface area contributed by atoms with Crippen LogP contribution in [-0.2, 0) is 16.1 Å². The first-order valence-corrected chi connectivity index (χ1v) is 7.51. The number of carbonyl (C=O) groups is 2. The average molecular weight is 312 g/mol. The normalized spacial score (nSPS) is 11.8. The van der Waals surface area contributed by atoms with E-state index in [0.717, 1.165) is 5.69 Å². The molecule has 1 amide bonds. The second kappa shape index (κ2) is 8.08. The Balaban J connectivity index is 1.97. The van der Waals surface area contributed by atoms with Crippen molar-refractivity contribution < 1.29 is 14.3 Å². The van der Waals surface area contributed by atoms with Crippen LogP contribution in [0.1, 0.15) is 29.9 Å². The Hall–Kier alpha value is -2.69. The van der Waals surface area contributed by atoms with Gasteiger partial charge in [0, 0.05) is 6.20 Å². The highest BCUT2D eigenvalue weighted by molar-refractivity contribution is 5.92. The predicted octanol–water partition coefficient (Wildman–Crippen LogP) is 2.58. The van der Waals surface area contributed by atoms with E-state index >= 15 is 0 Å². The Kier molecular flexibility index (Phi) is 5.86. The molecule has 5 heteroatoms. The minimum Gasteiger partial charge on any atom is -0.448 e. The molecule has 1 aromatic heterocycles. The highest BCUT2D eigenvalue weighted by Crippen LogP contribution is 2.11. The zero-order valence-corrected chi connectivity index (χ0v) is 13.2. The summed E-state index contributed by atoms with van der Waals surface area (Å²) in [5, 5.41) is 2.76. The Labute approximate surface area is 135 Å². The Morgan fingerprint density at radius 1 is 1.09 bits per heavy atom. The number of amides is 1. The molecule has 0 aliphatic heterocycles. The number of benzene rings is 1. The summed E-state index contributed by atoms with van der Waals surface area (Å²) >= 11 is 0. The number of hydrogen-bond donors (Lipinski definition) is 1. The van der Waals surface area contributed by atoms with E-state index in [-0.39, 0.29) is 11.8 Å². The zero-order chi connectivity index (χ0) is 16.7. The molecule has 0 spiro atoms. The summed E-state index contributed by atoms with van der Waals surface area (Å²) in [6, 6.07) is 14.1. The molecule has 2 aromatic rings. The van der Waals surface area contributed by atoms with E-state index in [9.17, 15) is 9.59 Å². The van der Waals surface area contributed by atoms with Crippen LogP contribution in [0, 0.1) is 5.92 Å². The van der Waals surface area contributed by atoms with Gasteiger partial charge in [0.15, 0.2) is 6.10 Å². The Morgan fingerprint density at radius 3 is 2.39 bits per heavy atom. The molecule has 0 bridgehead atoms. The van der Waals surface area contributed by atoms with Gasteiger partial charge in [0.25, 0.3) is 5.91 Å². The molecule has 1 aromatic carbocycles. The monoisotopic (exact) mass is 312 g/mol. The Morgan fingerprint density at radius 2 is 1.78 bits per heavy atom. The van der Waals surface area contributed by atoms with Crippen molar-refractivity contribution in [1.29, 1.82) is 0 Å². The van der Waals surface area contributed by atoms with E-state index in [1.54, 1.807) is 30.5 Å². The molecule has 2 rings (SSSR count). The first kappa shape index (κ1) is 16.7. The van der Waals surface area contributed by atoms with Crippen LogP contribution in [0.25, 0.3) is 0 Å². The van der Waals surface area contributed by atoms with Crippen LogP contribution in [0.5, 0.6) is 0 Å². The number of rotatable bonds is 6. The third kappa shape index (κ3) is 4.92. The van der Waals surface area contributed by atoms with Gasteiger partial charge >= 0.3 is 5.97 Å². The Bertz CT molecular complexity index is 642. The van der Waals surface area contributed by atoms with Gasteiger partial charge in [-0.3, -0.25) is 9.78 Å². The van der Waals surface area contributed by atoms with Gasteiger partial charge in [-0.2, -0.15) is 0 Å². The molecular formula is C18H20N2O3. The lowest BCUT2D eigenvalue weighted by atomic mass is 10.1. The van der Waals surface area contributed by atoms with E-state index in [2.05, 4.69) is 10.3 Å². The maximum absolute atomic E-state index is 12.3. The molecule has 1 heterocycles. The molecule has 0 aliphatic rings. The number of esters is 1. The number of nitrogens with zero attached hydrogens (tertiary/aromatic N) is 1. The summed E-state index contributed by atoms with van der Waals surface area (Å²) in [5.74, 6) is -0.960. The van der Waals surface area contributed by atoms with E-state index < -0.39 is 12.1 Å². The third-order valence-electron chi connectivity index (χ3n) is 3.28. The van der Waals surface area contributed by atoms with Crippen molar-refractivity contribution >= 4 is 11.9 Å². The quantitative estimate of drug-likeness (QED) is 0.832. The van der Waals surface area contributed by atoms with Crippen LogP contribution in [0.15, 0.2) is 54.7 Å². The number of pyridine rings is 1. The van der Waals surface area contributed by atoms with Crippen LogP contribution < -0.4 is 5.32 Å². The molecule has 1 unspecified atom stereocenters. The summed E-state index contributed by atoms with van der Waals surface area (Å²) in [6.45, 7) is 3.97. The van der Waals surface area contributed by atoms with Crippen LogP contribution in [0.4, 0.5) is 0 Å². The van der Waals surface area contributed by atoms with Gasteiger partial charge in [-0.15, -0.1) is 0 Å². The number of ether oxygens (including phenoxy) is 1. The van der Waals surface area contributed by atoms with E-state index in [1.807, 2.05) is 38.1 Å². The van der Waals surface area contributed by atoms with Crippen molar-refractivity contribution in [2.75, 3.05) is 0 Å². The van der Waals surface area contributed by atoms with Gasteiger partial charge < -0.3 is 10.1 Å². The number of aromatic nitrogens is 1. The van der Waals surface area contributed by atoms with Crippen molar-refractivity contribution in [3.63, 3.8) is 0 Å². The summed E-state index contributed by atoms with van der Waals surface area (Å²) in [6.07, 6.45) is 0.822. The number of nitrogens with one attached hydrogen (secondary N) is 1. The van der Waals surface area contributed by atoms with E-state index in [0.29, 0.717) is 12.1 Å². The van der Waals surface area contributed by atoms with Crippen LogP contribution in [0.2, 0.25) is 0 Å². The summed E-state index contributed by atoms with van der Waals surface area (Å²) in [7, 11) is 0. The summed E-state index contributed by atoms with van der Waals surface area (Å²) in [4.78, 5) is 28.6. The van der Waals surface area contributed by atoms with E-state index in [1.165, 1.54) is 0 Å². The maximum Gasteiger partial charge on any atom is 0.338 e. The molecule has 0 aliphatic carbocycles. The molecule has 1 N–H and O–H groups in total. The lowest BCUT2D eigenvalue weighted by Crippen LogP contribution is -2.40. The summed E-state index contributed by atoms with van der Waals surface area (Å²) < 4.78 is 5.38. The predicted molar refractivity (Wildman–Crippen MR) is 86.6 cm³/mol. The largest absolute Gasteiger partial charge is 0.448 e. The average Bonchev–Trinajstić information content (AvgIpc) is 2.58. The minimum absolute atomic E-state index is 0.133. The molecule has 0 fully saturated rings. The lowest BCUT2D eigenvalue weighted by Gasteiger charge is -2.20. The van der Waals surface area contributed by atoms with Crippen molar-refractivity contribution in [2.45, 2.75) is 26.5 Å². The molecule has 23 heavy (non-hydrogen) atoms. The van der Waals surface area contributed by atoms with Gasteiger partial charge in [-0.25, -0.2) is 4.79 Å². The van der Waals surface area contributed by atoms with Gasteiger partial charge in [-0.05, 0) is 30.2 Å². The highest BCUT2D eigenvalue weighted by Gasteiger charge is 2.26. The molecule has 1 atom stereocenters. The van der Waals surface area contributed by atoms with Gasteiger partial charge in [-0.1, -0.05) is 38.1 Å². The van der Waals surface area contributed by atoms with Crippen LogP contribution in [-0.4, -0.2) is 23.0 Å². The molecule has 0 radical (unpaired) electrons. The smallest absolute Gasteiger partial charge is 0.338 e.